The molecule has 0 atom stereocenters. The van der Waals surface area contributed by atoms with Crippen LogP contribution in [0.25, 0.3) is 0 Å². The zero-order chi connectivity index (χ0) is 10.9. The monoisotopic (exact) mass is 202 g/mol. The van der Waals surface area contributed by atoms with Gasteiger partial charge in [-0.1, -0.05) is 55.4 Å². The molecule has 0 bridgehead atoms. The maximum atomic E-state index is 2.38. The Morgan fingerprint density at radius 1 is 0.846 bits per heavy atom. The Morgan fingerprint density at radius 2 is 1.23 bits per heavy atom. The summed E-state index contributed by atoms with van der Waals surface area (Å²) < 4.78 is 0.356. The van der Waals surface area contributed by atoms with Crippen LogP contribution in [0.4, 0.5) is 0 Å². The van der Waals surface area contributed by atoms with Crippen LogP contribution in [0, 0.1) is 11.3 Å². The van der Waals surface area contributed by atoms with Crippen molar-refractivity contribution in [1.29, 1.82) is 0 Å². The second-order valence-electron chi connectivity index (χ2n) is 5.55. The summed E-state index contributed by atoms with van der Waals surface area (Å²) in [5.41, 5.74) is 0.391. The minimum atomic E-state index is 0.356. The molecule has 0 spiro atoms. The lowest BCUT2D eigenvalue weighted by atomic mass is 9.72. The zero-order valence-corrected chi connectivity index (χ0v) is 11.4. The summed E-state index contributed by atoms with van der Waals surface area (Å²) in [4.78, 5) is 0. The molecule has 0 heterocycles. The van der Waals surface area contributed by atoms with Gasteiger partial charge in [0.2, 0.25) is 0 Å². The van der Waals surface area contributed by atoms with Gasteiger partial charge in [-0.15, -0.1) is 0 Å². The molecule has 0 unspecified atom stereocenters. The average molecular weight is 202 g/mol. The number of hydrogen-bond acceptors (Lipinski definition) is 1. The number of hydrogen-bond donors (Lipinski definition) is 0. The van der Waals surface area contributed by atoms with E-state index in [1.165, 1.54) is 0 Å². The second kappa shape index (κ2) is 4.25. The third kappa shape index (κ3) is 3.19. The van der Waals surface area contributed by atoms with Gasteiger partial charge in [0.05, 0.1) is 0 Å². The van der Waals surface area contributed by atoms with Crippen molar-refractivity contribution in [2.45, 2.75) is 65.4 Å². The summed E-state index contributed by atoms with van der Waals surface area (Å²) in [6, 6.07) is 0. The zero-order valence-electron chi connectivity index (χ0n) is 10.6. The molecule has 0 aromatic heterocycles. The van der Waals surface area contributed by atoms with Crippen LogP contribution in [0.15, 0.2) is 0 Å². The molecule has 80 valence electrons. The van der Waals surface area contributed by atoms with Gasteiger partial charge >= 0.3 is 0 Å². The van der Waals surface area contributed by atoms with Crippen LogP contribution in [-0.4, -0.2) is 10.00 Å². The third-order valence-corrected chi connectivity index (χ3v) is 5.11. The van der Waals surface area contributed by atoms with Crippen LogP contribution in [0.3, 0.4) is 0 Å². The number of thioether (sulfide) groups is 1. The highest BCUT2D eigenvalue weighted by molar-refractivity contribution is 8.01. The summed E-state index contributed by atoms with van der Waals surface area (Å²) in [5.74, 6) is 0.730. The summed E-state index contributed by atoms with van der Waals surface area (Å²) in [6.45, 7) is 18.7. The molecule has 0 nitrogen and oxygen atoms in total. The first-order valence-electron chi connectivity index (χ1n) is 5.29. The maximum absolute atomic E-state index is 2.38. The number of rotatable bonds is 4. The molecule has 1 heteroatoms. The van der Waals surface area contributed by atoms with Gasteiger partial charge in [-0.05, 0) is 16.6 Å². The summed E-state index contributed by atoms with van der Waals surface area (Å²) in [6.07, 6.45) is 0. The van der Waals surface area contributed by atoms with Crippen LogP contribution in [0.1, 0.15) is 55.4 Å². The summed E-state index contributed by atoms with van der Waals surface area (Å²) >= 11 is 2.09. The predicted molar refractivity (Wildman–Crippen MR) is 65.4 cm³/mol. The molecule has 0 radical (unpaired) electrons. The van der Waals surface area contributed by atoms with E-state index in [1.807, 2.05) is 0 Å². The molecule has 0 amide bonds. The molecule has 0 rings (SSSR count). The first kappa shape index (κ1) is 13.4. The molecule has 0 aliphatic carbocycles. The van der Waals surface area contributed by atoms with E-state index < -0.39 is 0 Å². The van der Waals surface area contributed by atoms with Gasteiger partial charge in [0.1, 0.15) is 0 Å². The maximum Gasteiger partial charge on any atom is 0.0159 e. The fraction of sp³-hybridized carbons (Fsp3) is 1.00. The molecule has 13 heavy (non-hydrogen) atoms. The van der Waals surface area contributed by atoms with Gasteiger partial charge in [0, 0.05) is 4.75 Å². The van der Waals surface area contributed by atoms with Gasteiger partial charge in [0.25, 0.3) is 0 Å². The fourth-order valence-corrected chi connectivity index (χ4v) is 3.15. The topological polar surface area (TPSA) is 0 Å². The Labute approximate surface area is 88.9 Å². The minimum absolute atomic E-state index is 0.356. The van der Waals surface area contributed by atoms with Crippen molar-refractivity contribution < 1.29 is 0 Å². The lowest BCUT2D eigenvalue weighted by molar-refractivity contribution is 0.191. The Hall–Kier alpha value is 0.350. The van der Waals surface area contributed by atoms with Crippen molar-refractivity contribution in [2.24, 2.45) is 11.3 Å². The van der Waals surface area contributed by atoms with Crippen molar-refractivity contribution in [1.82, 2.24) is 0 Å². The Balaban J connectivity index is 4.60. The lowest BCUT2D eigenvalue weighted by Gasteiger charge is -2.45. The van der Waals surface area contributed by atoms with Crippen LogP contribution < -0.4 is 0 Å². The third-order valence-electron chi connectivity index (χ3n) is 3.53. The predicted octanol–water partition coefficient (Wildman–Crippen LogP) is 4.59. The average Bonchev–Trinajstić information content (AvgIpc) is 1.83. The van der Waals surface area contributed by atoms with Crippen molar-refractivity contribution in [3.05, 3.63) is 0 Å². The van der Waals surface area contributed by atoms with E-state index in [9.17, 15) is 0 Å². The van der Waals surface area contributed by atoms with E-state index in [0.29, 0.717) is 15.4 Å². The smallest absolute Gasteiger partial charge is 0.0159 e. The lowest BCUT2D eigenvalue weighted by Crippen LogP contribution is -2.41. The Kier molecular flexibility index (Phi) is 4.36. The normalized spacial score (nSPS) is 14.3. The van der Waals surface area contributed by atoms with Crippen molar-refractivity contribution in [3.63, 3.8) is 0 Å². The van der Waals surface area contributed by atoms with Gasteiger partial charge in [-0.25, -0.2) is 0 Å². The van der Waals surface area contributed by atoms with Gasteiger partial charge < -0.3 is 0 Å². The fourth-order valence-electron chi connectivity index (χ4n) is 1.44. The molecule has 0 fully saturated rings. The van der Waals surface area contributed by atoms with Crippen molar-refractivity contribution in [3.8, 4) is 0 Å². The molecule has 0 saturated heterocycles. The largest absolute Gasteiger partial charge is 0.152 e. The second-order valence-corrected chi connectivity index (χ2v) is 7.75. The van der Waals surface area contributed by atoms with Crippen LogP contribution in [0.2, 0.25) is 0 Å². The van der Waals surface area contributed by atoms with E-state index in [0.717, 1.165) is 5.92 Å². The van der Waals surface area contributed by atoms with E-state index >= 15 is 0 Å². The van der Waals surface area contributed by atoms with Gasteiger partial charge in [0.15, 0.2) is 0 Å². The van der Waals surface area contributed by atoms with E-state index in [1.54, 1.807) is 0 Å². The first-order chi connectivity index (χ1) is 5.61. The summed E-state index contributed by atoms with van der Waals surface area (Å²) in [7, 11) is 0. The molecule has 0 saturated carbocycles. The molecule has 0 aliphatic rings. The standard InChI is InChI=1S/C12H26S/c1-9(2)11(5,6)12(7,8)13-10(3)4/h9-10H,1-8H3. The highest BCUT2D eigenvalue weighted by Crippen LogP contribution is 2.47. The van der Waals surface area contributed by atoms with Gasteiger partial charge in [-0.2, -0.15) is 11.8 Å². The van der Waals surface area contributed by atoms with E-state index in [4.69, 9.17) is 0 Å². The van der Waals surface area contributed by atoms with Crippen LogP contribution in [0.5, 0.6) is 0 Å². The quantitative estimate of drug-likeness (QED) is 0.642. The molecule has 0 aromatic carbocycles. The van der Waals surface area contributed by atoms with Crippen LogP contribution in [-0.2, 0) is 0 Å². The van der Waals surface area contributed by atoms with Gasteiger partial charge in [-0.3, -0.25) is 0 Å². The molecule has 0 N–H and O–H groups in total. The molecular weight excluding hydrogens is 176 g/mol. The highest BCUT2D eigenvalue weighted by Gasteiger charge is 2.40. The Bertz CT molecular complexity index is 155. The SMILES string of the molecule is CC(C)SC(C)(C)C(C)(C)C(C)C. The highest BCUT2D eigenvalue weighted by atomic mass is 32.2. The summed E-state index contributed by atoms with van der Waals surface area (Å²) in [5, 5.41) is 0.716. The van der Waals surface area contributed by atoms with Crippen molar-refractivity contribution >= 4 is 11.8 Å². The van der Waals surface area contributed by atoms with Crippen LogP contribution >= 0.6 is 11.8 Å². The molecular formula is C12H26S. The minimum Gasteiger partial charge on any atom is -0.152 e. The Morgan fingerprint density at radius 3 is 1.46 bits per heavy atom. The first-order valence-corrected chi connectivity index (χ1v) is 6.17. The van der Waals surface area contributed by atoms with Crippen molar-refractivity contribution in [2.75, 3.05) is 0 Å². The molecule has 0 aliphatic heterocycles. The molecule has 0 aromatic rings. The van der Waals surface area contributed by atoms with E-state index in [2.05, 4.69) is 67.2 Å². The van der Waals surface area contributed by atoms with E-state index in [-0.39, 0.29) is 0 Å².